The van der Waals surface area contributed by atoms with E-state index in [0.29, 0.717) is 23.8 Å². The number of hydrogen-bond acceptors (Lipinski definition) is 3. The number of nitrogen functional groups attached to an aromatic ring is 1. The number of alkyl halides is 3. The Morgan fingerprint density at radius 3 is 2.65 bits per heavy atom. The highest BCUT2D eigenvalue weighted by Gasteiger charge is 2.35. The van der Waals surface area contributed by atoms with Crippen LogP contribution in [-0.4, -0.2) is 4.98 Å². The number of nitrogens with one attached hydrogen (secondary N) is 1. The number of anilines is 1. The summed E-state index contributed by atoms with van der Waals surface area (Å²) in [6, 6.07) is 9.12. The molecule has 0 bridgehead atoms. The lowest BCUT2D eigenvalue weighted by Gasteiger charge is -2.20. The number of rotatable bonds is 5. The quantitative estimate of drug-likeness (QED) is 0.877. The summed E-state index contributed by atoms with van der Waals surface area (Å²) in [6.45, 7) is 0.546. The lowest BCUT2D eigenvalue weighted by Crippen LogP contribution is -2.23. The Bertz CT molecular complexity index is 681. The lowest BCUT2D eigenvalue weighted by molar-refractivity contribution is -0.137. The van der Waals surface area contributed by atoms with Crippen LogP contribution in [0.25, 0.3) is 0 Å². The van der Waals surface area contributed by atoms with Gasteiger partial charge < -0.3 is 11.1 Å². The Hall–Kier alpha value is -2.08. The summed E-state index contributed by atoms with van der Waals surface area (Å²) in [4.78, 5) is 3.94. The molecule has 1 fully saturated rings. The van der Waals surface area contributed by atoms with Crippen molar-refractivity contribution in [1.29, 1.82) is 0 Å². The molecule has 1 aromatic carbocycles. The van der Waals surface area contributed by atoms with Gasteiger partial charge in [0.05, 0.1) is 5.56 Å². The highest BCUT2D eigenvalue weighted by Crippen LogP contribution is 2.42. The molecule has 1 heterocycles. The minimum absolute atomic E-state index is 0.0771. The maximum atomic E-state index is 12.9. The first-order valence-corrected chi connectivity index (χ1v) is 7.54. The van der Waals surface area contributed by atoms with E-state index in [9.17, 15) is 13.2 Å². The lowest BCUT2D eigenvalue weighted by atomic mass is 9.99. The van der Waals surface area contributed by atoms with Gasteiger partial charge in [-0.25, -0.2) is 4.98 Å². The van der Waals surface area contributed by atoms with Crippen molar-refractivity contribution in [3.05, 3.63) is 59.3 Å². The number of halogens is 3. The van der Waals surface area contributed by atoms with E-state index in [2.05, 4.69) is 10.3 Å². The maximum Gasteiger partial charge on any atom is 0.416 e. The summed E-state index contributed by atoms with van der Waals surface area (Å²) >= 11 is 0. The molecule has 0 aliphatic heterocycles. The van der Waals surface area contributed by atoms with Gasteiger partial charge in [0.2, 0.25) is 0 Å². The fourth-order valence-corrected chi connectivity index (χ4v) is 2.73. The first kappa shape index (κ1) is 15.8. The van der Waals surface area contributed by atoms with Crippen molar-refractivity contribution in [3.63, 3.8) is 0 Å². The third kappa shape index (κ3) is 4.01. The molecule has 1 aromatic heterocycles. The molecule has 0 unspecified atom stereocenters. The molecular weight excluding hydrogens is 303 g/mol. The summed E-state index contributed by atoms with van der Waals surface area (Å²) < 4.78 is 38.7. The zero-order chi connectivity index (χ0) is 16.4. The Morgan fingerprint density at radius 1 is 1.22 bits per heavy atom. The number of aromatic nitrogens is 1. The molecule has 3 nitrogen and oxygen atoms in total. The Morgan fingerprint density at radius 2 is 2.00 bits per heavy atom. The molecule has 0 spiro atoms. The topological polar surface area (TPSA) is 50.9 Å². The minimum atomic E-state index is -4.32. The van der Waals surface area contributed by atoms with Crippen molar-refractivity contribution in [2.45, 2.75) is 31.6 Å². The van der Waals surface area contributed by atoms with Crippen LogP contribution in [0.15, 0.2) is 42.6 Å². The van der Waals surface area contributed by atoms with E-state index in [1.807, 2.05) is 6.07 Å². The molecule has 1 aliphatic rings. The van der Waals surface area contributed by atoms with Gasteiger partial charge in [-0.3, -0.25) is 0 Å². The highest BCUT2D eigenvalue weighted by atomic mass is 19.4. The maximum absolute atomic E-state index is 12.9. The van der Waals surface area contributed by atoms with Crippen LogP contribution in [0.5, 0.6) is 0 Å². The second-order valence-electron chi connectivity index (χ2n) is 5.91. The van der Waals surface area contributed by atoms with Crippen molar-refractivity contribution in [2.75, 3.05) is 5.73 Å². The number of benzene rings is 1. The summed E-state index contributed by atoms with van der Waals surface area (Å²) in [5.41, 5.74) is 6.70. The smallest absolute Gasteiger partial charge is 0.384 e. The van der Waals surface area contributed by atoms with Gasteiger partial charge in [-0.1, -0.05) is 12.1 Å². The fourth-order valence-electron chi connectivity index (χ4n) is 2.73. The average molecular weight is 321 g/mol. The largest absolute Gasteiger partial charge is 0.416 e. The molecule has 6 heteroatoms. The summed E-state index contributed by atoms with van der Waals surface area (Å²) in [5.74, 6) is 0.823. The van der Waals surface area contributed by atoms with E-state index < -0.39 is 11.7 Å². The first-order chi connectivity index (χ1) is 10.9. The van der Waals surface area contributed by atoms with E-state index in [4.69, 9.17) is 5.73 Å². The van der Waals surface area contributed by atoms with E-state index in [0.717, 1.165) is 24.5 Å². The molecule has 1 saturated carbocycles. The first-order valence-electron chi connectivity index (χ1n) is 7.54. The number of nitrogens with two attached hydrogens (primary N) is 1. The zero-order valence-electron chi connectivity index (χ0n) is 12.5. The van der Waals surface area contributed by atoms with Crippen LogP contribution in [0, 0.1) is 5.92 Å². The van der Waals surface area contributed by atoms with Gasteiger partial charge in [0, 0.05) is 18.8 Å². The van der Waals surface area contributed by atoms with Crippen molar-refractivity contribution in [2.24, 2.45) is 5.92 Å². The third-order valence-electron chi connectivity index (χ3n) is 4.04. The minimum Gasteiger partial charge on any atom is -0.384 e. The van der Waals surface area contributed by atoms with Crippen molar-refractivity contribution < 1.29 is 13.2 Å². The number of nitrogens with zero attached hydrogens (tertiary/aromatic N) is 1. The molecule has 122 valence electrons. The molecule has 3 N–H and O–H groups in total. The van der Waals surface area contributed by atoms with Gasteiger partial charge in [0.25, 0.3) is 0 Å². The standard InChI is InChI=1S/C17H18F3N3/c18-17(19,20)14-3-1-2-13(9-14)16(12-4-5-12)23-10-11-6-7-22-15(21)8-11/h1-3,6-9,12,16,23H,4-5,10H2,(H2,21,22)/t16-/m1/s1. The van der Waals surface area contributed by atoms with E-state index in [-0.39, 0.29) is 6.04 Å². The average Bonchev–Trinajstić information content (AvgIpc) is 3.32. The molecule has 1 aliphatic carbocycles. The number of hydrogen-bond donors (Lipinski definition) is 2. The van der Waals surface area contributed by atoms with Crippen LogP contribution in [-0.2, 0) is 12.7 Å². The molecule has 0 radical (unpaired) electrons. The summed E-state index contributed by atoms with van der Waals surface area (Å²) in [7, 11) is 0. The van der Waals surface area contributed by atoms with Gasteiger partial charge in [0.1, 0.15) is 5.82 Å². The van der Waals surface area contributed by atoms with Crippen molar-refractivity contribution >= 4 is 5.82 Å². The fraction of sp³-hybridized carbons (Fsp3) is 0.353. The molecule has 3 rings (SSSR count). The van der Waals surface area contributed by atoms with Crippen molar-refractivity contribution in [1.82, 2.24) is 10.3 Å². The van der Waals surface area contributed by atoms with Crippen LogP contribution >= 0.6 is 0 Å². The molecule has 0 amide bonds. The molecule has 23 heavy (non-hydrogen) atoms. The summed E-state index contributed by atoms with van der Waals surface area (Å²) in [6.07, 6.45) is -0.620. The van der Waals surface area contributed by atoms with Gasteiger partial charge in [-0.2, -0.15) is 13.2 Å². The third-order valence-corrected chi connectivity index (χ3v) is 4.04. The normalized spacial score (nSPS) is 16.3. The Balaban J connectivity index is 1.77. The highest BCUT2D eigenvalue weighted by molar-refractivity contribution is 5.32. The van der Waals surface area contributed by atoms with Crippen LogP contribution < -0.4 is 11.1 Å². The van der Waals surface area contributed by atoms with Crippen LogP contribution in [0.4, 0.5) is 19.0 Å². The summed E-state index contributed by atoms with van der Waals surface area (Å²) in [5, 5.41) is 3.37. The zero-order valence-corrected chi connectivity index (χ0v) is 12.5. The Kier molecular flexibility index (Phi) is 4.26. The monoisotopic (exact) mass is 321 g/mol. The predicted octanol–water partition coefficient (Wildman–Crippen LogP) is 3.92. The Labute approximate surface area is 132 Å². The second-order valence-corrected chi connectivity index (χ2v) is 5.91. The molecule has 2 aromatic rings. The molecule has 1 atom stereocenters. The van der Waals surface area contributed by atoms with E-state index in [1.165, 1.54) is 12.1 Å². The second kappa shape index (κ2) is 6.20. The van der Waals surface area contributed by atoms with Crippen LogP contribution in [0.3, 0.4) is 0 Å². The number of pyridine rings is 1. The van der Waals surface area contributed by atoms with E-state index in [1.54, 1.807) is 18.3 Å². The van der Waals surface area contributed by atoms with Crippen molar-refractivity contribution in [3.8, 4) is 0 Å². The van der Waals surface area contributed by atoms with Crippen LogP contribution in [0.1, 0.15) is 35.6 Å². The van der Waals surface area contributed by atoms with Gasteiger partial charge >= 0.3 is 6.18 Å². The van der Waals surface area contributed by atoms with Crippen LogP contribution in [0.2, 0.25) is 0 Å². The van der Waals surface area contributed by atoms with Gasteiger partial charge in [0.15, 0.2) is 0 Å². The van der Waals surface area contributed by atoms with Gasteiger partial charge in [-0.05, 0) is 54.2 Å². The molecular formula is C17H18F3N3. The van der Waals surface area contributed by atoms with E-state index >= 15 is 0 Å². The SMILES string of the molecule is Nc1cc(CN[C@@H](c2cccc(C(F)(F)F)c2)C2CC2)ccn1. The van der Waals surface area contributed by atoms with Gasteiger partial charge in [-0.15, -0.1) is 0 Å². The molecule has 0 saturated heterocycles. The predicted molar refractivity (Wildman–Crippen MR) is 82.4 cm³/mol.